The number of carboxylic acid groups (broad SMARTS) is 1. The van der Waals surface area contributed by atoms with E-state index in [-0.39, 0.29) is 5.69 Å². The highest BCUT2D eigenvalue weighted by atomic mass is 19.1. The number of anilines is 1. The van der Waals surface area contributed by atoms with E-state index in [2.05, 4.69) is 5.32 Å². The van der Waals surface area contributed by atoms with Gasteiger partial charge in [0.25, 0.3) is 0 Å². The standard InChI is InChI=1S/C15H14FNO2/c1-10-6-8-11(9-7-10)14(15(18)19)17-13-5-3-2-4-12(13)16/h2-9,14,17H,1H3,(H,18,19). The average Bonchev–Trinajstić information content (AvgIpc) is 2.39. The van der Waals surface area contributed by atoms with Gasteiger partial charge in [0.15, 0.2) is 6.04 Å². The quantitative estimate of drug-likeness (QED) is 0.885. The number of nitrogens with one attached hydrogen (secondary N) is 1. The summed E-state index contributed by atoms with van der Waals surface area (Å²) in [5.41, 5.74) is 1.80. The largest absolute Gasteiger partial charge is 0.479 e. The van der Waals surface area contributed by atoms with Crippen LogP contribution in [0.4, 0.5) is 10.1 Å². The molecular formula is C15H14FNO2. The lowest BCUT2D eigenvalue weighted by molar-refractivity contribution is -0.138. The first-order valence-electron chi connectivity index (χ1n) is 5.88. The Morgan fingerprint density at radius 2 is 1.79 bits per heavy atom. The van der Waals surface area contributed by atoms with Crippen molar-refractivity contribution in [3.63, 3.8) is 0 Å². The van der Waals surface area contributed by atoms with Gasteiger partial charge >= 0.3 is 5.97 Å². The molecule has 1 atom stereocenters. The van der Waals surface area contributed by atoms with Crippen molar-refractivity contribution in [2.75, 3.05) is 5.32 Å². The summed E-state index contributed by atoms with van der Waals surface area (Å²) in [5.74, 6) is -1.52. The monoisotopic (exact) mass is 259 g/mol. The third-order valence-corrected chi connectivity index (χ3v) is 2.83. The summed E-state index contributed by atoms with van der Waals surface area (Å²) >= 11 is 0. The zero-order valence-corrected chi connectivity index (χ0v) is 10.4. The zero-order chi connectivity index (χ0) is 13.8. The highest BCUT2D eigenvalue weighted by molar-refractivity contribution is 5.79. The van der Waals surface area contributed by atoms with Crippen molar-refractivity contribution in [2.45, 2.75) is 13.0 Å². The third-order valence-electron chi connectivity index (χ3n) is 2.83. The van der Waals surface area contributed by atoms with Gasteiger partial charge in [-0.1, -0.05) is 42.0 Å². The van der Waals surface area contributed by atoms with Crippen LogP contribution in [-0.2, 0) is 4.79 Å². The molecule has 0 fully saturated rings. The van der Waals surface area contributed by atoms with Crippen molar-refractivity contribution in [1.82, 2.24) is 0 Å². The fraction of sp³-hybridized carbons (Fsp3) is 0.133. The maximum atomic E-state index is 13.5. The van der Waals surface area contributed by atoms with Gasteiger partial charge in [-0.05, 0) is 24.6 Å². The number of para-hydroxylation sites is 1. The summed E-state index contributed by atoms with van der Waals surface area (Å²) in [7, 11) is 0. The Labute approximate surface area is 110 Å². The van der Waals surface area contributed by atoms with Crippen molar-refractivity contribution in [3.8, 4) is 0 Å². The van der Waals surface area contributed by atoms with Gasteiger partial charge in [0.05, 0.1) is 5.69 Å². The summed E-state index contributed by atoms with van der Waals surface area (Å²) in [4.78, 5) is 11.3. The molecule has 0 amide bonds. The summed E-state index contributed by atoms with van der Waals surface area (Å²) in [6, 6.07) is 12.1. The van der Waals surface area contributed by atoms with E-state index in [4.69, 9.17) is 0 Å². The number of hydrogen-bond acceptors (Lipinski definition) is 2. The number of aliphatic carboxylic acids is 1. The maximum absolute atomic E-state index is 13.5. The van der Waals surface area contributed by atoms with Gasteiger partial charge in [-0.25, -0.2) is 9.18 Å². The number of aryl methyl sites for hydroxylation is 1. The maximum Gasteiger partial charge on any atom is 0.330 e. The number of carbonyl (C=O) groups is 1. The number of benzene rings is 2. The Hall–Kier alpha value is -2.36. The van der Waals surface area contributed by atoms with Crippen LogP contribution in [0.15, 0.2) is 48.5 Å². The van der Waals surface area contributed by atoms with Crippen molar-refractivity contribution >= 4 is 11.7 Å². The van der Waals surface area contributed by atoms with Crippen LogP contribution in [0.5, 0.6) is 0 Å². The lowest BCUT2D eigenvalue weighted by Gasteiger charge is -2.16. The molecule has 0 aliphatic heterocycles. The van der Waals surface area contributed by atoms with Crippen LogP contribution in [0.25, 0.3) is 0 Å². The molecule has 0 heterocycles. The van der Waals surface area contributed by atoms with E-state index >= 15 is 0 Å². The van der Waals surface area contributed by atoms with E-state index < -0.39 is 17.8 Å². The second-order valence-electron chi connectivity index (χ2n) is 4.31. The Morgan fingerprint density at radius 1 is 1.16 bits per heavy atom. The van der Waals surface area contributed by atoms with Crippen molar-refractivity contribution in [2.24, 2.45) is 0 Å². The van der Waals surface area contributed by atoms with E-state index in [9.17, 15) is 14.3 Å². The molecule has 0 spiro atoms. The fourth-order valence-corrected chi connectivity index (χ4v) is 1.78. The SMILES string of the molecule is Cc1ccc(C(Nc2ccccc2F)C(=O)O)cc1. The minimum absolute atomic E-state index is 0.176. The van der Waals surface area contributed by atoms with Gasteiger partial charge in [-0.3, -0.25) is 0 Å². The van der Waals surface area contributed by atoms with Crippen LogP contribution in [0, 0.1) is 12.7 Å². The molecule has 1 unspecified atom stereocenters. The molecule has 2 aromatic carbocycles. The molecule has 0 aliphatic carbocycles. The first-order valence-corrected chi connectivity index (χ1v) is 5.88. The van der Waals surface area contributed by atoms with E-state index in [1.807, 2.05) is 19.1 Å². The molecule has 98 valence electrons. The van der Waals surface area contributed by atoms with Gasteiger partial charge in [0.1, 0.15) is 5.82 Å². The van der Waals surface area contributed by atoms with Gasteiger partial charge < -0.3 is 10.4 Å². The predicted molar refractivity (Wildman–Crippen MR) is 71.6 cm³/mol. The van der Waals surface area contributed by atoms with Gasteiger partial charge in [-0.15, -0.1) is 0 Å². The topological polar surface area (TPSA) is 49.3 Å². The predicted octanol–water partition coefficient (Wildman–Crippen LogP) is 3.37. The summed E-state index contributed by atoms with van der Waals surface area (Å²) < 4.78 is 13.5. The van der Waals surface area contributed by atoms with E-state index in [1.165, 1.54) is 12.1 Å². The molecule has 2 rings (SSSR count). The highest BCUT2D eigenvalue weighted by Gasteiger charge is 2.20. The first-order chi connectivity index (χ1) is 9.08. The first kappa shape index (κ1) is 13.1. The van der Waals surface area contributed by atoms with Crippen molar-refractivity contribution in [1.29, 1.82) is 0 Å². The van der Waals surface area contributed by atoms with Crippen LogP contribution in [0.3, 0.4) is 0 Å². The Morgan fingerprint density at radius 3 is 2.37 bits per heavy atom. The second-order valence-corrected chi connectivity index (χ2v) is 4.31. The number of carboxylic acids is 1. The van der Waals surface area contributed by atoms with Gasteiger partial charge in [0, 0.05) is 0 Å². The molecule has 0 saturated heterocycles. The smallest absolute Gasteiger partial charge is 0.330 e. The summed E-state index contributed by atoms with van der Waals surface area (Å²) in [5, 5.41) is 12.0. The minimum Gasteiger partial charge on any atom is -0.479 e. The minimum atomic E-state index is -1.05. The van der Waals surface area contributed by atoms with Crippen LogP contribution >= 0.6 is 0 Å². The molecule has 0 aliphatic rings. The molecular weight excluding hydrogens is 245 g/mol. The van der Waals surface area contributed by atoms with E-state index in [0.717, 1.165) is 5.56 Å². The molecule has 4 heteroatoms. The van der Waals surface area contributed by atoms with Crippen LogP contribution in [-0.4, -0.2) is 11.1 Å². The Kier molecular flexibility index (Phi) is 3.80. The van der Waals surface area contributed by atoms with Gasteiger partial charge in [-0.2, -0.15) is 0 Å². The van der Waals surface area contributed by atoms with Crippen LogP contribution in [0.1, 0.15) is 17.2 Å². The highest BCUT2D eigenvalue weighted by Crippen LogP contribution is 2.22. The molecule has 3 nitrogen and oxygen atoms in total. The number of hydrogen-bond donors (Lipinski definition) is 2. The van der Waals surface area contributed by atoms with E-state index in [1.54, 1.807) is 24.3 Å². The lowest BCUT2D eigenvalue weighted by Crippen LogP contribution is -2.21. The molecule has 2 aromatic rings. The van der Waals surface area contributed by atoms with Crippen molar-refractivity contribution < 1.29 is 14.3 Å². The summed E-state index contributed by atoms with van der Waals surface area (Å²) in [6.07, 6.45) is 0. The molecule has 19 heavy (non-hydrogen) atoms. The molecule has 0 saturated carbocycles. The molecule has 2 N–H and O–H groups in total. The second kappa shape index (κ2) is 5.52. The zero-order valence-electron chi connectivity index (χ0n) is 10.4. The third kappa shape index (κ3) is 3.10. The van der Waals surface area contributed by atoms with Crippen LogP contribution in [0.2, 0.25) is 0 Å². The lowest BCUT2D eigenvalue weighted by atomic mass is 10.0. The number of halogens is 1. The molecule has 0 radical (unpaired) electrons. The van der Waals surface area contributed by atoms with E-state index in [0.29, 0.717) is 5.56 Å². The van der Waals surface area contributed by atoms with Gasteiger partial charge in [0.2, 0.25) is 0 Å². The fourth-order valence-electron chi connectivity index (χ4n) is 1.78. The Bertz CT molecular complexity index is 581. The molecule has 0 bridgehead atoms. The normalized spacial score (nSPS) is 11.9. The van der Waals surface area contributed by atoms with Crippen molar-refractivity contribution in [3.05, 3.63) is 65.5 Å². The Balaban J connectivity index is 2.29. The summed E-state index contributed by atoms with van der Waals surface area (Å²) in [6.45, 7) is 1.92. The number of rotatable bonds is 4. The average molecular weight is 259 g/mol. The van der Waals surface area contributed by atoms with Crippen LogP contribution < -0.4 is 5.32 Å². The molecule has 0 aromatic heterocycles.